The largest absolute Gasteiger partial charge is 0.495 e. The van der Waals surface area contributed by atoms with Crippen molar-refractivity contribution in [3.05, 3.63) is 53.5 Å². The molecule has 1 aromatic carbocycles. The van der Waals surface area contributed by atoms with Gasteiger partial charge in [-0.05, 0) is 30.8 Å². The van der Waals surface area contributed by atoms with Crippen molar-refractivity contribution < 1.29 is 9.15 Å². The third-order valence-electron chi connectivity index (χ3n) is 2.87. The van der Waals surface area contributed by atoms with Crippen molar-refractivity contribution in [2.45, 2.75) is 13.1 Å². The van der Waals surface area contributed by atoms with Crippen molar-refractivity contribution in [3.8, 4) is 11.8 Å². The summed E-state index contributed by atoms with van der Waals surface area (Å²) in [6, 6.07) is 9.72. The van der Waals surface area contributed by atoms with Crippen LogP contribution in [-0.2, 0) is 13.1 Å². The monoisotopic (exact) mass is 256 g/mol. The molecule has 0 unspecified atom stereocenters. The number of rotatable bonds is 5. The zero-order valence-electron chi connectivity index (χ0n) is 11.1. The van der Waals surface area contributed by atoms with E-state index < -0.39 is 0 Å². The lowest BCUT2D eigenvalue weighted by atomic mass is 10.1. The highest BCUT2D eigenvalue weighted by Gasteiger charge is 2.07. The van der Waals surface area contributed by atoms with Gasteiger partial charge in [-0.15, -0.1) is 0 Å². The van der Waals surface area contributed by atoms with E-state index in [-0.39, 0.29) is 0 Å². The third kappa shape index (κ3) is 3.36. The molecule has 0 saturated heterocycles. The molecule has 2 rings (SSSR count). The summed E-state index contributed by atoms with van der Waals surface area (Å²) in [5, 5.41) is 8.94. The molecule has 1 heterocycles. The Kier molecular flexibility index (Phi) is 4.22. The van der Waals surface area contributed by atoms with Crippen LogP contribution in [-0.4, -0.2) is 19.1 Å². The van der Waals surface area contributed by atoms with E-state index in [4.69, 9.17) is 14.4 Å². The summed E-state index contributed by atoms with van der Waals surface area (Å²) in [7, 11) is 3.62. The van der Waals surface area contributed by atoms with Gasteiger partial charge >= 0.3 is 0 Å². The van der Waals surface area contributed by atoms with E-state index in [2.05, 4.69) is 11.0 Å². The highest BCUT2D eigenvalue weighted by Crippen LogP contribution is 2.20. The molecule has 0 aliphatic heterocycles. The van der Waals surface area contributed by atoms with E-state index in [0.29, 0.717) is 11.3 Å². The molecule has 0 N–H and O–H groups in total. The van der Waals surface area contributed by atoms with E-state index in [1.54, 1.807) is 25.7 Å². The molecule has 4 heteroatoms. The summed E-state index contributed by atoms with van der Waals surface area (Å²) in [5.41, 5.74) is 2.81. The average Bonchev–Trinajstić information content (AvgIpc) is 2.91. The molecule has 0 atom stereocenters. The first-order valence-corrected chi connectivity index (χ1v) is 5.99. The number of nitriles is 1. The van der Waals surface area contributed by atoms with Crippen molar-refractivity contribution in [2.24, 2.45) is 0 Å². The van der Waals surface area contributed by atoms with Gasteiger partial charge in [0.15, 0.2) is 0 Å². The third-order valence-corrected chi connectivity index (χ3v) is 2.87. The Morgan fingerprint density at radius 3 is 2.68 bits per heavy atom. The second-order valence-electron chi connectivity index (χ2n) is 4.45. The van der Waals surface area contributed by atoms with Gasteiger partial charge in [-0.3, -0.25) is 4.90 Å². The Morgan fingerprint density at radius 1 is 1.26 bits per heavy atom. The first kappa shape index (κ1) is 13.2. The normalized spacial score (nSPS) is 10.4. The zero-order valence-corrected chi connectivity index (χ0v) is 11.1. The van der Waals surface area contributed by atoms with Crippen molar-refractivity contribution in [2.75, 3.05) is 14.2 Å². The fourth-order valence-corrected chi connectivity index (χ4v) is 1.99. The van der Waals surface area contributed by atoms with Crippen LogP contribution in [0.4, 0.5) is 0 Å². The smallest absolute Gasteiger partial charge is 0.136 e. The topological polar surface area (TPSA) is 49.4 Å². The molecule has 0 aliphatic rings. The number of benzene rings is 1. The van der Waals surface area contributed by atoms with Crippen LogP contribution in [0.1, 0.15) is 16.7 Å². The number of furan rings is 1. The first-order chi connectivity index (χ1) is 9.22. The molecule has 4 nitrogen and oxygen atoms in total. The molecule has 0 amide bonds. The highest BCUT2D eigenvalue weighted by atomic mass is 16.5. The number of methoxy groups -OCH3 is 1. The van der Waals surface area contributed by atoms with Gasteiger partial charge < -0.3 is 9.15 Å². The van der Waals surface area contributed by atoms with E-state index in [9.17, 15) is 0 Å². The summed E-state index contributed by atoms with van der Waals surface area (Å²) < 4.78 is 10.3. The maximum absolute atomic E-state index is 8.94. The standard InChI is InChI=1S/C15H16N2O2/c1-17(10-13-5-6-19-11-13)9-12-3-4-14(8-16)15(7-12)18-2/h3-7,11H,9-10H2,1-2H3. The molecule has 19 heavy (non-hydrogen) atoms. The maximum Gasteiger partial charge on any atom is 0.136 e. The number of nitrogens with zero attached hydrogens (tertiary/aromatic N) is 2. The van der Waals surface area contributed by atoms with Gasteiger partial charge in [-0.1, -0.05) is 6.07 Å². The Morgan fingerprint density at radius 2 is 2.05 bits per heavy atom. The zero-order chi connectivity index (χ0) is 13.7. The van der Waals surface area contributed by atoms with Crippen LogP contribution < -0.4 is 4.74 Å². The average molecular weight is 256 g/mol. The molecule has 0 radical (unpaired) electrons. The molecular weight excluding hydrogens is 240 g/mol. The van der Waals surface area contributed by atoms with Crippen molar-refractivity contribution in [3.63, 3.8) is 0 Å². The van der Waals surface area contributed by atoms with Crippen LogP contribution in [0.5, 0.6) is 5.75 Å². The number of hydrogen-bond acceptors (Lipinski definition) is 4. The summed E-state index contributed by atoms with van der Waals surface area (Å²) in [6.07, 6.45) is 3.42. The van der Waals surface area contributed by atoms with Crippen LogP contribution >= 0.6 is 0 Å². The van der Waals surface area contributed by atoms with Crippen LogP contribution in [0, 0.1) is 11.3 Å². The molecular formula is C15H16N2O2. The summed E-state index contributed by atoms with van der Waals surface area (Å²) in [5.74, 6) is 0.622. The summed E-state index contributed by atoms with van der Waals surface area (Å²) in [4.78, 5) is 2.17. The Hall–Kier alpha value is -2.25. The fourth-order valence-electron chi connectivity index (χ4n) is 1.99. The summed E-state index contributed by atoms with van der Waals surface area (Å²) in [6.45, 7) is 1.60. The minimum atomic E-state index is 0.559. The number of hydrogen-bond donors (Lipinski definition) is 0. The SMILES string of the molecule is COc1cc(CN(C)Cc2ccoc2)ccc1C#N. The number of ether oxygens (including phenoxy) is 1. The molecule has 0 fully saturated rings. The maximum atomic E-state index is 8.94. The molecule has 0 aliphatic carbocycles. The van der Waals surface area contributed by atoms with E-state index >= 15 is 0 Å². The second kappa shape index (κ2) is 6.07. The van der Waals surface area contributed by atoms with E-state index in [1.165, 1.54) is 0 Å². The van der Waals surface area contributed by atoms with Crippen LogP contribution in [0.3, 0.4) is 0 Å². The quantitative estimate of drug-likeness (QED) is 0.825. The fraction of sp³-hybridized carbons (Fsp3) is 0.267. The predicted octanol–water partition coefficient (Wildman–Crippen LogP) is 2.79. The predicted molar refractivity (Wildman–Crippen MR) is 71.6 cm³/mol. The Balaban J connectivity index is 2.04. The minimum Gasteiger partial charge on any atom is -0.495 e. The van der Waals surface area contributed by atoms with Crippen LogP contribution in [0.15, 0.2) is 41.2 Å². The lowest BCUT2D eigenvalue weighted by Crippen LogP contribution is -2.16. The van der Waals surface area contributed by atoms with Gasteiger partial charge in [0, 0.05) is 18.7 Å². The van der Waals surface area contributed by atoms with E-state index in [1.807, 2.05) is 25.2 Å². The van der Waals surface area contributed by atoms with Gasteiger partial charge in [0.25, 0.3) is 0 Å². The van der Waals surface area contributed by atoms with Gasteiger partial charge in [-0.25, -0.2) is 0 Å². The highest BCUT2D eigenvalue weighted by molar-refractivity contribution is 5.45. The van der Waals surface area contributed by atoms with Crippen molar-refractivity contribution in [1.29, 1.82) is 5.26 Å². The van der Waals surface area contributed by atoms with Crippen molar-refractivity contribution >= 4 is 0 Å². The summed E-state index contributed by atoms with van der Waals surface area (Å²) >= 11 is 0. The van der Waals surface area contributed by atoms with Crippen LogP contribution in [0.25, 0.3) is 0 Å². The van der Waals surface area contributed by atoms with Gasteiger partial charge in [0.05, 0.1) is 25.2 Å². The lowest BCUT2D eigenvalue weighted by molar-refractivity contribution is 0.317. The Labute approximate surface area is 112 Å². The molecule has 98 valence electrons. The van der Waals surface area contributed by atoms with E-state index in [0.717, 1.165) is 24.2 Å². The van der Waals surface area contributed by atoms with Crippen LogP contribution in [0.2, 0.25) is 0 Å². The lowest BCUT2D eigenvalue weighted by Gasteiger charge is -2.16. The second-order valence-corrected chi connectivity index (χ2v) is 4.45. The van der Waals surface area contributed by atoms with Gasteiger partial charge in [0.1, 0.15) is 11.8 Å². The minimum absolute atomic E-state index is 0.559. The molecule has 0 bridgehead atoms. The first-order valence-electron chi connectivity index (χ1n) is 5.99. The van der Waals surface area contributed by atoms with Gasteiger partial charge in [-0.2, -0.15) is 5.26 Å². The molecule has 1 aromatic heterocycles. The Bertz CT molecular complexity index is 570. The van der Waals surface area contributed by atoms with Gasteiger partial charge in [0.2, 0.25) is 0 Å². The molecule has 0 saturated carbocycles. The van der Waals surface area contributed by atoms with Crippen molar-refractivity contribution in [1.82, 2.24) is 4.90 Å². The molecule has 0 spiro atoms. The molecule has 2 aromatic rings.